The van der Waals surface area contributed by atoms with Crippen molar-refractivity contribution >= 4 is 39.2 Å². The standard InChI is InChI=1S/C28H29N5O3S/c29-28-26-24(20-6-9-23(10-7-20)36-22-4-2-1-3-5-22)19-37-27(26)21(18-30-28)8-11-25(34)32-31-12-13-33-14-16-35-17-15-33/h1-11,18-19,31H,12-17H2,(H2,29,30)(H,32,34)/b11-8+. The molecule has 2 aromatic heterocycles. The van der Waals surface area contributed by atoms with Crippen molar-refractivity contribution in [3.05, 3.63) is 77.8 Å². The Hall–Kier alpha value is -3.76. The molecule has 0 atom stereocenters. The number of benzene rings is 2. The SMILES string of the molecule is Nc1ncc(/C=C/C(=O)NNCCN2CCOCC2)c2scc(-c3ccc(Oc4ccccc4)cc3)c12. The van der Waals surface area contributed by atoms with Gasteiger partial charge in [-0.2, -0.15) is 0 Å². The summed E-state index contributed by atoms with van der Waals surface area (Å²) in [5.74, 6) is 1.78. The van der Waals surface area contributed by atoms with E-state index in [1.807, 2.05) is 54.6 Å². The highest BCUT2D eigenvalue weighted by Crippen LogP contribution is 2.39. The highest BCUT2D eigenvalue weighted by Gasteiger charge is 2.14. The van der Waals surface area contributed by atoms with Gasteiger partial charge in [0.15, 0.2) is 0 Å². The number of anilines is 1. The highest BCUT2D eigenvalue weighted by atomic mass is 32.1. The first-order valence-electron chi connectivity index (χ1n) is 12.2. The van der Waals surface area contributed by atoms with Crippen molar-refractivity contribution < 1.29 is 14.3 Å². The number of rotatable bonds is 9. The minimum absolute atomic E-state index is 0.224. The number of para-hydroxylation sites is 1. The number of pyridine rings is 1. The number of hydrogen-bond acceptors (Lipinski definition) is 8. The number of nitrogens with zero attached hydrogens (tertiary/aromatic N) is 2. The molecule has 8 nitrogen and oxygen atoms in total. The Labute approximate surface area is 219 Å². The Morgan fingerprint density at radius 2 is 1.86 bits per heavy atom. The van der Waals surface area contributed by atoms with E-state index in [1.54, 1.807) is 23.6 Å². The van der Waals surface area contributed by atoms with E-state index in [-0.39, 0.29) is 5.91 Å². The third-order valence-corrected chi connectivity index (χ3v) is 7.11. The van der Waals surface area contributed by atoms with Gasteiger partial charge in [0, 0.05) is 59.7 Å². The number of ether oxygens (including phenoxy) is 2. The number of hydrogen-bond donors (Lipinski definition) is 3. The van der Waals surface area contributed by atoms with Crippen LogP contribution in [-0.4, -0.2) is 55.2 Å². The van der Waals surface area contributed by atoms with Crippen molar-refractivity contribution in [1.82, 2.24) is 20.7 Å². The number of fused-ring (bicyclic) bond motifs is 1. The molecular weight excluding hydrogens is 486 g/mol. The molecule has 1 saturated heterocycles. The molecule has 2 aromatic carbocycles. The molecule has 0 spiro atoms. The highest BCUT2D eigenvalue weighted by molar-refractivity contribution is 7.18. The maximum absolute atomic E-state index is 12.3. The van der Waals surface area contributed by atoms with Crippen LogP contribution in [0.4, 0.5) is 5.82 Å². The van der Waals surface area contributed by atoms with Crippen LogP contribution in [0.3, 0.4) is 0 Å². The monoisotopic (exact) mass is 515 g/mol. The second kappa shape index (κ2) is 12.0. The third kappa shape index (κ3) is 6.33. The molecule has 4 aromatic rings. The predicted octanol–water partition coefficient (Wildman–Crippen LogP) is 4.30. The Balaban J connectivity index is 1.24. The smallest absolute Gasteiger partial charge is 0.258 e. The van der Waals surface area contributed by atoms with Crippen LogP contribution >= 0.6 is 11.3 Å². The van der Waals surface area contributed by atoms with Crippen LogP contribution in [-0.2, 0) is 9.53 Å². The summed E-state index contributed by atoms with van der Waals surface area (Å²) >= 11 is 1.58. The Morgan fingerprint density at radius 3 is 2.65 bits per heavy atom. The maximum Gasteiger partial charge on any atom is 0.258 e. The predicted molar refractivity (Wildman–Crippen MR) is 148 cm³/mol. The largest absolute Gasteiger partial charge is 0.457 e. The van der Waals surface area contributed by atoms with E-state index >= 15 is 0 Å². The average molecular weight is 516 g/mol. The van der Waals surface area contributed by atoms with Crippen LogP contribution in [0, 0.1) is 0 Å². The van der Waals surface area contributed by atoms with Crippen molar-refractivity contribution in [2.45, 2.75) is 0 Å². The summed E-state index contributed by atoms with van der Waals surface area (Å²) in [4.78, 5) is 19.0. The molecule has 190 valence electrons. The van der Waals surface area contributed by atoms with Crippen LogP contribution in [0.1, 0.15) is 5.56 Å². The number of thiophene rings is 1. The molecule has 0 aliphatic carbocycles. The van der Waals surface area contributed by atoms with Crippen molar-refractivity contribution in [2.75, 3.05) is 45.1 Å². The van der Waals surface area contributed by atoms with Gasteiger partial charge in [-0.25, -0.2) is 10.4 Å². The molecule has 0 unspecified atom stereocenters. The number of carbonyl (C=O) groups is 1. The lowest BCUT2D eigenvalue weighted by atomic mass is 10.0. The molecule has 3 heterocycles. The molecule has 1 fully saturated rings. The summed E-state index contributed by atoms with van der Waals surface area (Å²) < 4.78 is 12.2. The molecule has 4 N–H and O–H groups in total. The fourth-order valence-corrected chi connectivity index (χ4v) is 5.22. The number of hydrazine groups is 1. The fraction of sp³-hybridized carbons (Fsp3) is 0.214. The summed E-state index contributed by atoms with van der Waals surface area (Å²) in [5, 5.41) is 2.95. The fourth-order valence-electron chi connectivity index (χ4n) is 4.14. The van der Waals surface area contributed by atoms with Crippen molar-refractivity contribution in [3.8, 4) is 22.6 Å². The number of carbonyl (C=O) groups excluding carboxylic acids is 1. The molecule has 9 heteroatoms. The van der Waals surface area contributed by atoms with E-state index in [0.29, 0.717) is 12.4 Å². The van der Waals surface area contributed by atoms with Crippen LogP contribution in [0.25, 0.3) is 27.3 Å². The molecule has 0 saturated carbocycles. The molecule has 0 bridgehead atoms. The van der Waals surface area contributed by atoms with Gasteiger partial charge < -0.3 is 15.2 Å². The van der Waals surface area contributed by atoms with Gasteiger partial charge >= 0.3 is 0 Å². The zero-order chi connectivity index (χ0) is 25.5. The summed E-state index contributed by atoms with van der Waals surface area (Å²) in [6, 6.07) is 17.6. The zero-order valence-corrected chi connectivity index (χ0v) is 21.2. The van der Waals surface area contributed by atoms with Gasteiger partial charge in [-0.1, -0.05) is 30.3 Å². The number of morpholine rings is 1. The van der Waals surface area contributed by atoms with E-state index in [4.69, 9.17) is 15.2 Å². The first-order chi connectivity index (χ1) is 18.2. The summed E-state index contributed by atoms with van der Waals surface area (Å²) in [5.41, 5.74) is 14.8. The second-order valence-electron chi connectivity index (χ2n) is 8.60. The van der Waals surface area contributed by atoms with Gasteiger partial charge in [0.2, 0.25) is 0 Å². The van der Waals surface area contributed by atoms with Crippen LogP contribution in [0.2, 0.25) is 0 Å². The quantitative estimate of drug-likeness (QED) is 0.174. The minimum Gasteiger partial charge on any atom is -0.457 e. The van der Waals surface area contributed by atoms with Crippen molar-refractivity contribution in [1.29, 1.82) is 0 Å². The van der Waals surface area contributed by atoms with Crippen molar-refractivity contribution in [3.63, 3.8) is 0 Å². The number of nitrogens with one attached hydrogen (secondary N) is 2. The third-order valence-electron chi connectivity index (χ3n) is 6.08. The lowest BCUT2D eigenvalue weighted by Crippen LogP contribution is -2.44. The molecule has 37 heavy (non-hydrogen) atoms. The Morgan fingerprint density at radius 1 is 1.11 bits per heavy atom. The second-order valence-corrected chi connectivity index (χ2v) is 9.47. The molecule has 1 amide bonds. The molecule has 0 radical (unpaired) electrons. The maximum atomic E-state index is 12.3. The normalized spacial score (nSPS) is 14.3. The first kappa shape index (κ1) is 24.9. The van der Waals surface area contributed by atoms with E-state index in [9.17, 15) is 4.79 Å². The molecule has 1 aliphatic rings. The lowest BCUT2D eigenvalue weighted by molar-refractivity contribution is -0.117. The zero-order valence-electron chi connectivity index (χ0n) is 20.4. The number of nitrogens with two attached hydrogens (primary N) is 1. The first-order valence-corrected chi connectivity index (χ1v) is 13.1. The van der Waals surface area contributed by atoms with E-state index < -0.39 is 0 Å². The minimum atomic E-state index is -0.224. The number of amides is 1. The Kier molecular flexibility index (Phi) is 8.07. The van der Waals surface area contributed by atoms with E-state index in [0.717, 1.165) is 71.1 Å². The average Bonchev–Trinajstić information content (AvgIpc) is 3.39. The van der Waals surface area contributed by atoms with Gasteiger partial charge in [0.1, 0.15) is 17.3 Å². The number of nitrogen functional groups attached to an aromatic ring is 1. The summed E-state index contributed by atoms with van der Waals surface area (Å²) in [6.07, 6.45) is 4.97. The van der Waals surface area contributed by atoms with Crippen LogP contribution in [0.5, 0.6) is 11.5 Å². The van der Waals surface area contributed by atoms with E-state index in [2.05, 4.69) is 26.1 Å². The van der Waals surface area contributed by atoms with Gasteiger partial charge in [-0.05, 0) is 41.3 Å². The van der Waals surface area contributed by atoms with Crippen LogP contribution in [0.15, 0.2) is 72.3 Å². The van der Waals surface area contributed by atoms with Gasteiger partial charge in [0.25, 0.3) is 5.91 Å². The lowest BCUT2D eigenvalue weighted by Gasteiger charge is -2.26. The molecular formula is C28H29N5O3S. The van der Waals surface area contributed by atoms with Crippen molar-refractivity contribution in [2.24, 2.45) is 0 Å². The summed E-state index contributed by atoms with van der Waals surface area (Å²) in [7, 11) is 0. The Bertz CT molecular complexity index is 1370. The van der Waals surface area contributed by atoms with Gasteiger partial charge in [-0.3, -0.25) is 15.1 Å². The van der Waals surface area contributed by atoms with Crippen LogP contribution < -0.4 is 21.3 Å². The molecule has 1 aliphatic heterocycles. The summed E-state index contributed by atoms with van der Waals surface area (Å²) in [6.45, 7) is 4.88. The topological polar surface area (TPSA) is 102 Å². The van der Waals surface area contributed by atoms with Gasteiger partial charge in [0.05, 0.1) is 13.2 Å². The molecule has 5 rings (SSSR count). The number of aromatic nitrogens is 1. The van der Waals surface area contributed by atoms with E-state index in [1.165, 1.54) is 6.08 Å². The van der Waals surface area contributed by atoms with Gasteiger partial charge in [-0.15, -0.1) is 11.3 Å².